The fourth-order valence-corrected chi connectivity index (χ4v) is 6.02. The third kappa shape index (κ3) is 4.68. The maximum Gasteiger partial charge on any atom is 0.265 e. The molecule has 0 bridgehead atoms. The molecule has 2 aromatic carbocycles. The lowest BCUT2D eigenvalue weighted by atomic mass is 10.2. The van der Waals surface area contributed by atoms with Crippen molar-refractivity contribution < 1.29 is 17.9 Å². The van der Waals surface area contributed by atoms with Gasteiger partial charge >= 0.3 is 0 Å². The second-order valence-corrected chi connectivity index (χ2v) is 10.4. The van der Waals surface area contributed by atoms with Gasteiger partial charge in [0.2, 0.25) is 0 Å². The summed E-state index contributed by atoms with van der Waals surface area (Å²) in [6, 6.07) is 13.5. The first-order chi connectivity index (χ1) is 15.3. The highest BCUT2D eigenvalue weighted by Gasteiger charge is 2.24. The van der Waals surface area contributed by atoms with E-state index in [-0.39, 0.29) is 25.2 Å². The lowest BCUT2D eigenvalue weighted by molar-refractivity contribution is 0.395. The Morgan fingerprint density at radius 1 is 0.906 bits per heavy atom. The highest BCUT2D eigenvalue weighted by molar-refractivity contribution is 7.93. The summed E-state index contributed by atoms with van der Waals surface area (Å²) in [4.78, 5) is 8.86. The molecule has 4 aromatic rings. The van der Waals surface area contributed by atoms with Gasteiger partial charge in [0.15, 0.2) is 11.6 Å². The highest BCUT2D eigenvalue weighted by atomic mass is 35.5. The van der Waals surface area contributed by atoms with Crippen LogP contribution in [0.25, 0.3) is 11.0 Å². The quantitative estimate of drug-likeness (QED) is 0.335. The number of anilines is 3. The molecule has 2 N–H and O–H groups in total. The number of methoxy groups -OCH3 is 2. The van der Waals surface area contributed by atoms with E-state index in [0.717, 1.165) is 11.3 Å². The van der Waals surface area contributed by atoms with Crippen LogP contribution in [0.5, 0.6) is 11.5 Å². The molecule has 0 radical (unpaired) electrons. The Balaban J connectivity index is 1.80. The van der Waals surface area contributed by atoms with Crippen LogP contribution in [0.1, 0.15) is 0 Å². The molecule has 0 amide bonds. The smallest absolute Gasteiger partial charge is 0.265 e. The van der Waals surface area contributed by atoms with Crippen LogP contribution in [0.15, 0.2) is 53.4 Å². The molecule has 2 heterocycles. The van der Waals surface area contributed by atoms with Crippen LogP contribution in [0.4, 0.5) is 17.3 Å². The maximum atomic E-state index is 13.0. The van der Waals surface area contributed by atoms with E-state index in [1.807, 2.05) is 6.07 Å². The zero-order valence-corrected chi connectivity index (χ0v) is 19.9. The number of thiophene rings is 1. The summed E-state index contributed by atoms with van der Waals surface area (Å²) < 4.78 is 39.3. The first-order valence-corrected chi connectivity index (χ1v) is 12.1. The van der Waals surface area contributed by atoms with Crippen molar-refractivity contribution >= 4 is 72.9 Å². The third-order valence-corrected chi connectivity index (χ3v) is 7.42. The van der Waals surface area contributed by atoms with Crippen molar-refractivity contribution in [2.75, 3.05) is 24.3 Å². The van der Waals surface area contributed by atoms with E-state index in [1.165, 1.54) is 20.3 Å². The zero-order valence-electron chi connectivity index (χ0n) is 16.7. The number of halogens is 2. The lowest BCUT2D eigenvalue weighted by Crippen LogP contribution is -2.15. The van der Waals surface area contributed by atoms with Crippen molar-refractivity contribution in [3.05, 3.63) is 57.2 Å². The molecule has 8 nitrogen and oxygen atoms in total. The Morgan fingerprint density at radius 2 is 1.50 bits per heavy atom. The van der Waals surface area contributed by atoms with E-state index in [1.54, 1.807) is 36.4 Å². The Kier molecular flexibility index (Phi) is 6.29. The molecule has 0 saturated carbocycles. The van der Waals surface area contributed by atoms with Gasteiger partial charge in [0, 0.05) is 23.9 Å². The number of benzene rings is 2. The summed E-state index contributed by atoms with van der Waals surface area (Å²) in [6.07, 6.45) is 0. The molecule has 4 rings (SSSR count). The van der Waals surface area contributed by atoms with Crippen molar-refractivity contribution in [1.29, 1.82) is 0 Å². The van der Waals surface area contributed by atoms with E-state index in [4.69, 9.17) is 32.7 Å². The number of rotatable bonds is 7. The Labute approximate surface area is 198 Å². The molecule has 0 aliphatic rings. The highest BCUT2D eigenvalue weighted by Crippen LogP contribution is 2.36. The van der Waals surface area contributed by atoms with E-state index in [0.29, 0.717) is 28.2 Å². The van der Waals surface area contributed by atoms with Crippen LogP contribution < -0.4 is 19.5 Å². The van der Waals surface area contributed by atoms with Crippen LogP contribution in [0.3, 0.4) is 0 Å². The van der Waals surface area contributed by atoms with Gasteiger partial charge in [0.05, 0.1) is 29.6 Å². The number of sulfonamides is 1. The predicted octanol–water partition coefficient (Wildman–Crippen LogP) is 5.56. The first-order valence-electron chi connectivity index (χ1n) is 9.03. The molecule has 12 heteroatoms. The first kappa shape index (κ1) is 22.4. The van der Waals surface area contributed by atoms with Gasteiger partial charge in [-0.25, -0.2) is 18.4 Å². The molecule has 0 aliphatic heterocycles. The summed E-state index contributed by atoms with van der Waals surface area (Å²) in [5.41, 5.74) is 1.64. The summed E-state index contributed by atoms with van der Waals surface area (Å²) in [5.74, 6) is 1.26. The molecular formula is C20H16Cl2N4O4S2. The minimum atomic E-state index is -4.08. The van der Waals surface area contributed by atoms with E-state index >= 15 is 0 Å². The van der Waals surface area contributed by atoms with Gasteiger partial charge in [-0.3, -0.25) is 4.72 Å². The second kappa shape index (κ2) is 8.99. The van der Waals surface area contributed by atoms with Gasteiger partial charge in [-0.1, -0.05) is 35.3 Å². The van der Waals surface area contributed by atoms with Crippen LogP contribution in [0, 0.1) is 0 Å². The zero-order chi connectivity index (χ0) is 22.9. The normalized spacial score (nSPS) is 11.4. The van der Waals surface area contributed by atoms with E-state index in [9.17, 15) is 8.42 Å². The molecule has 166 valence electrons. The van der Waals surface area contributed by atoms with Crippen LogP contribution in [0.2, 0.25) is 8.67 Å². The molecule has 0 saturated heterocycles. The number of hydrogen-bond donors (Lipinski definition) is 2. The Hall–Kier alpha value is -2.79. The van der Waals surface area contributed by atoms with Crippen LogP contribution >= 0.6 is 34.5 Å². The van der Waals surface area contributed by atoms with E-state index in [2.05, 4.69) is 20.0 Å². The number of ether oxygens (including phenoxy) is 2. The van der Waals surface area contributed by atoms with Gasteiger partial charge in [-0.05, 0) is 18.2 Å². The molecule has 0 atom stereocenters. The molecule has 0 fully saturated rings. The van der Waals surface area contributed by atoms with Gasteiger partial charge in [-0.15, -0.1) is 11.3 Å². The maximum absolute atomic E-state index is 13.0. The average molecular weight is 511 g/mol. The van der Waals surface area contributed by atoms with Crippen molar-refractivity contribution in [3.63, 3.8) is 0 Å². The number of para-hydroxylation sites is 2. The summed E-state index contributed by atoms with van der Waals surface area (Å²) in [5, 5.41) is 3.09. The summed E-state index contributed by atoms with van der Waals surface area (Å²) in [6.45, 7) is 0. The predicted molar refractivity (Wildman–Crippen MR) is 128 cm³/mol. The number of fused-ring (bicyclic) bond motifs is 1. The molecule has 2 aromatic heterocycles. The largest absolute Gasteiger partial charge is 0.497 e. The van der Waals surface area contributed by atoms with E-state index < -0.39 is 10.0 Å². The fraction of sp³-hybridized carbons (Fsp3) is 0.100. The molecular weight excluding hydrogens is 495 g/mol. The number of hydrogen-bond acceptors (Lipinski definition) is 8. The molecule has 32 heavy (non-hydrogen) atoms. The van der Waals surface area contributed by atoms with Crippen molar-refractivity contribution in [3.8, 4) is 11.5 Å². The molecule has 0 aliphatic carbocycles. The Bertz CT molecular complexity index is 1390. The van der Waals surface area contributed by atoms with Gasteiger partial charge < -0.3 is 14.8 Å². The average Bonchev–Trinajstić information content (AvgIpc) is 3.12. The minimum absolute atomic E-state index is 0.0103. The van der Waals surface area contributed by atoms with Gasteiger partial charge in [0.25, 0.3) is 10.0 Å². The lowest BCUT2D eigenvalue weighted by Gasteiger charge is -2.15. The van der Waals surface area contributed by atoms with Gasteiger partial charge in [0.1, 0.15) is 20.7 Å². The van der Waals surface area contributed by atoms with Gasteiger partial charge in [-0.2, -0.15) is 0 Å². The van der Waals surface area contributed by atoms with Crippen LogP contribution in [-0.2, 0) is 10.0 Å². The minimum Gasteiger partial charge on any atom is -0.497 e. The van der Waals surface area contributed by atoms with Crippen molar-refractivity contribution in [2.45, 2.75) is 4.90 Å². The van der Waals surface area contributed by atoms with Crippen LogP contribution in [-0.4, -0.2) is 32.6 Å². The summed E-state index contributed by atoms with van der Waals surface area (Å²) >= 11 is 12.9. The standard InChI is InChI=1S/C20H16Cl2N4O4S2/c1-29-12-7-11(8-13(9-12)30-2)23-19-20(25-15-6-4-3-5-14(15)24-19)26-32(27,28)16-10-17(21)31-18(16)22/h3-10H,1-2H3,(H,23,24)(H,25,26). The SMILES string of the molecule is COc1cc(Nc2nc3ccccc3nc2NS(=O)(=O)c2cc(Cl)sc2Cl)cc(OC)c1. The topological polar surface area (TPSA) is 102 Å². The third-order valence-electron chi connectivity index (χ3n) is 4.33. The summed E-state index contributed by atoms with van der Waals surface area (Å²) in [7, 11) is -1.02. The van der Waals surface area contributed by atoms with Crippen molar-refractivity contribution in [2.24, 2.45) is 0 Å². The number of aromatic nitrogens is 2. The monoisotopic (exact) mass is 510 g/mol. The Morgan fingerprint density at radius 3 is 2.03 bits per heavy atom. The molecule has 0 unspecified atom stereocenters. The number of nitrogens with one attached hydrogen (secondary N) is 2. The number of nitrogens with zero attached hydrogens (tertiary/aromatic N) is 2. The molecule has 0 spiro atoms. The fourth-order valence-electron chi connectivity index (χ4n) is 2.87. The van der Waals surface area contributed by atoms with Crippen molar-refractivity contribution in [1.82, 2.24) is 9.97 Å². The second-order valence-electron chi connectivity index (χ2n) is 6.43.